The summed E-state index contributed by atoms with van der Waals surface area (Å²) in [5.41, 5.74) is 7.77. The average molecular weight is 244 g/mol. The van der Waals surface area contributed by atoms with Gasteiger partial charge in [0.05, 0.1) is 17.9 Å². The summed E-state index contributed by atoms with van der Waals surface area (Å²) in [6.45, 7) is 3.79. The molecule has 0 saturated carbocycles. The first-order chi connectivity index (χ1) is 8.58. The SMILES string of the molecule is Cc1ccc(N)c(C(=O)NC(C)c2ccco2)c1. The summed E-state index contributed by atoms with van der Waals surface area (Å²) in [5.74, 6) is 0.523. The lowest BCUT2D eigenvalue weighted by Crippen LogP contribution is -2.27. The van der Waals surface area contributed by atoms with E-state index < -0.39 is 0 Å². The number of furan rings is 1. The fraction of sp³-hybridized carbons (Fsp3) is 0.214. The number of anilines is 1. The highest BCUT2D eigenvalue weighted by Crippen LogP contribution is 2.17. The molecule has 4 nitrogen and oxygen atoms in total. The van der Waals surface area contributed by atoms with Crippen molar-refractivity contribution in [3.05, 3.63) is 53.5 Å². The van der Waals surface area contributed by atoms with E-state index in [-0.39, 0.29) is 11.9 Å². The number of rotatable bonds is 3. The molecule has 0 spiro atoms. The Morgan fingerprint density at radius 3 is 2.83 bits per heavy atom. The molecule has 0 aliphatic carbocycles. The topological polar surface area (TPSA) is 68.3 Å². The van der Waals surface area contributed by atoms with Gasteiger partial charge in [0.1, 0.15) is 5.76 Å². The van der Waals surface area contributed by atoms with Crippen molar-refractivity contribution in [2.24, 2.45) is 0 Å². The number of aryl methyl sites for hydroxylation is 1. The molecule has 3 N–H and O–H groups in total. The summed E-state index contributed by atoms with van der Waals surface area (Å²) in [4.78, 5) is 12.1. The molecular weight excluding hydrogens is 228 g/mol. The number of carbonyl (C=O) groups excluding carboxylic acids is 1. The molecule has 94 valence electrons. The summed E-state index contributed by atoms with van der Waals surface area (Å²) in [7, 11) is 0. The van der Waals surface area contributed by atoms with E-state index >= 15 is 0 Å². The molecule has 1 unspecified atom stereocenters. The second kappa shape index (κ2) is 4.96. The van der Waals surface area contributed by atoms with E-state index in [1.807, 2.05) is 26.0 Å². The van der Waals surface area contributed by atoms with Crippen molar-refractivity contribution in [3.8, 4) is 0 Å². The number of hydrogen-bond acceptors (Lipinski definition) is 3. The highest BCUT2D eigenvalue weighted by Gasteiger charge is 2.15. The standard InChI is InChI=1S/C14H16N2O2/c1-9-5-6-12(15)11(8-9)14(17)16-10(2)13-4-3-7-18-13/h3-8,10H,15H2,1-2H3,(H,16,17). The van der Waals surface area contributed by atoms with Gasteiger partial charge in [-0.15, -0.1) is 0 Å². The van der Waals surface area contributed by atoms with Crippen molar-refractivity contribution in [2.45, 2.75) is 19.9 Å². The minimum absolute atomic E-state index is 0.188. The number of amides is 1. The Bertz CT molecular complexity index is 547. The molecule has 1 aromatic heterocycles. The Kier molecular flexibility index (Phi) is 3.37. The quantitative estimate of drug-likeness (QED) is 0.815. The predicted octanol–water partition coefficient (Wildman–Crippen LogP) is 2.66. The highest BCUT2D eigenvalue weighted by atomic mass is 16.3. The van der Waals surface area contributed by atoms with Crippen molar-refractivity contribution >= 4 is 11.6 Å². The van der Waals surface area contributed by atoms with Crippen LogP contribution in [-0.2, 0) is 0 Å². The molecule has 0 aliphatic rings. The van der Waals surface area contributed by atoms with Crippen LogP contribution in [0.3, 0.4) is 0 Å². The molecule has 2 rings (SSSR count). The number of nitrogen functional groups attached to an aromatic ring is 1. The molecule has 0 bridgehead atoms. The third kappa shape index (κ3) is 2.53. The van der Waals surface area contributed by atoms with Gasteiger partial charge in [0, 0.05) is 5.69 Å². The smallest absolute Gasteiger partial charge is 0.253 e. The van der Waals surface area contributed by atoms with E-state index in [0.717, 1.165) is 11.3 Å². The summed E-state index contributed by atoms with van der Waals surface area (Å²) in [6.07, 6.45) is 1.58. The lowest BCUT2D eigenvalue weighted by molar-refractivity contribution is 0.0936. The van der Waals surface area contributed by atoms with Crippen molar-refractivity contribution in [3.63, 3.8) is 0 Å². The van der Waals surface area contributed by atoms with Gasteiger partial charge in [-0.25, -0.2) is 0 Å². The van der Waals surface area contributed by atoms with Gasteiger partial charge in [0.25, 0.3) is 5.91 Å². The monoisotopic (exact) mass is 244 g/mol. The lowest BCUT2D eigenvalue weighted by Gasteiger charge is -2.13. The average Bonchev–Trinajstić information content (AvgIpc) is 2.85. The first-order valence-corrected chi connectivity index (χ1v) is 5.78. The van der Waals surface area contributed by atoms with E-state index in [2.05, 4.69) is 5.32 Å². The molecule has 0 radical (unpaired) electrons. The van der Waals surface area contributed by atoms with Crippen molar-refractivity contribution in [1.82, 2.24) is 5.32 Å². The molecule has 1 heterocycles. The van der Waals surface area contributed by atoms with Crippen LogP contribution in [0.1, 0.15) is 34.6 Å². The third-order valence-corrected chi connectivity index (χ3v) is 2.77. The second-order valence-corrected chi connectivity index (χ2v) is 4.30. The number of carbonyl (C=O) groups is 1. The minimum atomic E-state index is -0.194. The van der Waals surface area contributed by atoms with E-state index in [1.54, 1.807) is 24.5 Å². The summed E-state index contributed by atoms with van der Waals surface area (Å²) in [5, 5.41) is 2.85. The van der Waals surface area contributed by atoms with Gasteiger partial charge in [-0.3, -0.25) is 4.79 Å². The van der Waals surface area contributed by atoms with Gasteiger partial charge in [-0.1, -0.05) is 11.6 Å². The minimum Gasteiger partial charge on any atom is -0.467 e. The third-order valence-electron chi connectivity index (χ3n) is 2.77. The number of nitrogens with one attached hydrogen (secondary N) is 1. The first-order valence-electron chi connectivity index (χ1n) is 5.78. The van der Waals surface area contributed by atoms with Gasteiger partial charge in [0.15, 0.2) is 0 Å². The van der Waals surface area contributed by atoms with Crippen LogP contribution in [0.5, 0.6) is 0 Å². The van der Waals surface area contributed by atoms with Crippen LogP contribution in [0.25, 0.3) is 0 Å². The maximum atomic E-state index is 12.1. The normalized spacial score (nSPS) is 12.1. The van der Waals surface area contributed by atoms with E-state index in [9.17, 15) is 4.79 Å². The molecule has 1 aromatic carbocycles. The van der Waals surface area contributed by atoms with Crippen molar-refractivity contribution < 1.29 is 9.21 Å². The Labute approximate surface area is 106 Å². The zero-order valence-electron chi connectivity index (χ0n) is 10.4. The predicted molar refractivity (Wildman–Crippen MR) is 70.2 cm³/mol. The molecule has 0 fully saturated rings. The Morgan fingerprint density at radius 2 is 2.17 bits per heavy atom. The summed E-state index contributed by atoms with van der Waals surface area (Å²) < 4.78 is 5.24. The van der Waals surface area contributed by atoms with Gasteiger partial charge < -0.3 is 15.5 Å². The zero-order valence-corrected chi connectivity index (χ0v) is 10.4. The Balaban J connectivity index is 2.15. The van der Waals surface area contributed by atoms with Crippen LogP contribution in [0.2, 0.25) is 0 Å². The molecule has 1 atom stereocenters. The molecule has 0 saturated heterocycles. The maximum absolute atomic E-state index is 12.1. The van der Waals surface area contributed by atoms with Crippen molar-refractivity contribution in [1.29, 1.82) is 0 Å². The zero-order chi connectivity index (χ0) is 13.1. The van der Waals surface area contributed by atoms with Crippen LogP contribution < -0.4 is 11.1 Å². The van der Waals surface area contributed by atoms with Crippen LogP contribution in [0, 0.1) is 6.92 Å². The fourth-order valence-corrected chi connectivity index (χ4v) is 1.75. The summed E-state index contributed by atoms with van der Waals surface area (Å²) in [6, 6.07) is 8.82. The van der Waals surface area contributed by atoms with E-state index in [1.165, 1.54) is 0 Å². The lowest BCUT2D eigenvalue weighted by atomic mass is 10.1. The fourth-order valence-electron chi connectivity index (χ4n) is 1.75. The molecule has 1 amide bonds. The van der Waals surface area contributed by atoms with E-state index in [4.69, 9.17) is 10.2 Å². The maximum Gasteiger partial charge on any atom is 0.253 e. The van der Waals surface area contributed by atoms with Crippen molar-refractivity contribution in [2.75, 3.05) is 5.73 Å². The van der Waals surface area contributed by atoms with Gasteiger partial charge in [-0.2, -0.15) is 0 Å². The van der Waals surface area contributed by atoms with Crippen LogP contribution >= 0.6 is 0 Å². The van der Waals surface area contributed by atoms with E-state index in [0.29, 0.717) is 11.3 Å². The van der Waals surface area contributed by atoms with Crippen LogP contribution in [0.4, 0.5) is 5.69 Å². The van der Waals surface area contributed by atoms with Gasteiger partial charge in [0.2, 0.25) is 0 Å². The highest BCUT2D eigenvalue weighted by molar-refractivity contribution is 5.99. The second-order valence-electron chi connectivity index (χ2n) is 4.30. The van der Waals surface area contributed by atoms with Gasteiger partial charge >= 0.3 is 0 Å². The molecule has 18 heavy (non-hydrogen) atoms. The van der Waals surface area contributed by atoms with Crippen LogP contribution in [0.15, 0.2) is 41.0 Å². The van der Waals surface area contributed by atoms with Gasteiger partial charge in [-0.05, 0) is 38.1 Å². The summed E-state index contributed by atoms with van der Waals surface area (Å²) >= 11 is 0. The molecular formula is C14H16N2O2. The largest absolute Gasteiger partial charge is 0.467 e. The van der Waals surface area contributed by atoms with Crippen LogP contribution in [-0.4, -0.2) is 5.91 Å². The number of hydrogen-bond donors (Lipinski definition) is 2. The number of benzene rings is 1. The number of nitrogens with two attached hydrogens (primary N) is 1. The Hall–Kier alpha value is -2.23. The first kappa shape index (κ1) is 12.2. The molecule has 2 aromatic rings. The molecule has 0 aliphatic heterocycles. The Morgan fingerprint density at radius 1 is 1.39 bits per heavy atom. The molecule has 4 heteroatoms.